The molecule has 0 atom stereocenters. The summed E-state index contributed by atoms with van der Waals surface area (Å²) < 4.78 is 16.0. The molecule has 0 fully saturated rings. The van der Waals surface area contributed by atoms with E-state index in [0.29, 0.717) is 36.0 Å². The van der Waals surface area contributed by atoms with E-state index in [2.05, 4.69) is 31.3 Å². The summed E-state index contributed by atoms with van der Waals surface area (Å²) in [5, 5.41) is 8.30. The highest BCUT2D eigenvalue weighted by atomic mass is 35.5. The first kappa shape index (κ1) is 16.9. The number of nitrogens with zero attached hydrogens (tertiary/aromatic N) is 5. The van der Waals surface area contributed by atoms with Crippen LogP contribution in [0.3, 0.4) is 0 Å². The first-order valence-electron chi connectivity index (χ1n) is 8.40. The molecule has 8 heteroatoms. The number of anilines is 1. The second kappa shape index (κ2) is 7.39. The molecular formula is C18H18ClFN6. The fraction of sp³-hybridized carbons (Fsp3) is 0.278. The average Bonchev–Trinajstić information content (AvgIpc) is 3.06. The first-order valence-corrected chi connectivity index (χ1v) is 8.77. The molecule has 3 aromatic rings. The third-order valence-electron chi connectivity index (χ3n) is 4.38. The van der Waals surface area contributed by atoms with Crippen molar-refractivity contribution in [1.82, 2.24) is 24.6 Å². The van der Waals surface area contributed by atoms with Crippen LogP contribution < -0.4 is 5.32 Å². The number of fused-ring (bicyclic) bond motifs is 1. The molecule has 3 heterocycles. The van der Waals surface area contributed by atoms with E-state index < -0.39 is 0 Å². The summed E-state index contributed by atoms with van der Waals surface area (Å²) in [5.41, 5.74) is 2.60. The van der Waals surface area contributed by atoms with Crippen molar-refractivity contribution in [3.8, 4) is 0 Å². The second-order valence-corrected chi connectivity index (χ2v) is 6.61. The van der Waals surface area contributed by atoms with Crippen molar-refractivity contribution >= 4 is 17.4 Å². The molecule has 134 valence electrons. The Balaban J connectivity index is 1.42. The number of hydrogen-bond acceptors (Lipinski definition) is 5. The number of hydrogen-bond donors (Lipinski definition) is 1. The first-order chi connectivity index (χ1) is 12.7. The van der Waals surface area contributed by atoms with Crippen molar-refractivity contribution < 1.29 is 4.39 Å². The van der Waals surface area contributed by atoms with Crippen molar-refractivity contribution in [2.75, 3.05) is 11.9 Å². The quantitative estimate of drug-likeness (QED) is 0.745. The molecule has 1 aromatic carbocycles. The summed E-state index contributed by atoms with van der Waals surface area (Å²) in [6.45, 7) is 3.35. The van der Waals surface area contributed by atoms with Crippen LogP contribution in [0.1, 0.15) is 17.0 Å². The lowest BCUT2D eigenvalue weighted by Crippen LogP contribution is -2.33. The number of rotatable bonds is 5. The number of benzene rings is 1. The molecule has 0 amide bonds. The SMILES string of the molecule is Fc1cccc(Cl)c1CN1CCn2nc(CNc3cnccn3)cc2C1. The molecule has 1 aliphatic rings. The number of halogens is 2. The van der Waals surface area contributed by atoms with Gasteiger partial charge in [0.1, 0.15) is 11.6 Å². The third kappa shape index (κ3) is 3.68. The van der Waals surface area contributed by atoms with Crippen LogP contribution in [0.5, 0.6) is 0 Å². The maximum absolute atomic E-state index is 14.0. The minimum atomic E-state index is -0.259. The highest BCUT2D eigenvalue weighted by Crippen LogP contribution is 2.23. The zero-order chi connectivity index (χ0) is 17.9. The van der Waals surface area contributed by atoms with Gasteiger partial charge in [-0.05, 0) is 18.2 Å². The van der Waals surface area contributed by atoms with E-state index in [9.17, 15) is 4.39 Å². The second-order valence-electron chi connectivity index (χ2n) is 6.21. The van der Waals surface area contributed by atoms with Gasteiger partial charge in [0, 0.05) is 42.6 Å². The Labute approximate surface area is 155 Å². The van der Waals surface area contributed by atoms with Gasteiger partial charge in [0.05, 0.1) is 30.7 Å². The lowest BCUT2D eigenvalue weighted by Gasteiger charge is -2.27. The maximum atomic E-state index is 14.0. The molecule has 26 heavy (non-hydrogen) atoms. The summed E-state index contributed by atoms with van der Waals surface area (Å²) in [5.74, 6) is 0.458. The van der Waals surface area contributed by atoms with Gasteiger partial charge in [-0.2, -0.15) is 5.10 Å². The average molecular weight is 373 g/mol. The van der Waals surface area contributed by atoms with E-state index in [1.165, 1.54) is 6.07 Å². The minimum absolute atomic E-state index is 0.259. The fourth-order valence-corrected chi connectivity index (χ4v) is 3.30. The lowest BCUT2D eigenvalue weighted by molar-refractivity contribution is 0.203. The van der Waals surface area contributed by atoms with Gasteiger partial charge in [0.15, 0.2) is 0 Å². The van der Waals surface area contributed by atoms with Gasteiger partial charge >= 0.3 is 0 Å². The molecule has 0 aliphatic carbocycles. The van der Waals surface area contributed by atoms with E-state index in [1.54, 1.807) is 30.7 Å². The van der Waals surface area contributed by atoms with Gasteiger partial charge in [-0.25, -0.2) is 9.37 Å². The number of nitrogens with one attached hydrogen (secondary N) is 1. The molecule has 6 nitrogen and oxygen atoms in total. The Hall–Kier alpha value is -2.51. The van der Waals surface area contributed by atoms with Gasteiger partial charge in [-0.3, -0.25) is 14.6 Å². The van der Waals surface area contributed by atoms with Crippen molar-refractivity contribution in [3.63, 3.8) is 0 Å². The van der Waals surface area contributed by atoms with Gasteiger partial charge < -0.3 is 5.32 Å². The van der Waals surface area contributed by atoms with Crippen LogP contribution in [0.25, 0.3) is 0 Å². The summed E-state index contributed by atoms with van der Waals surface area (Å²) in [6.07, 6.45) is 4.96. The zero-order valence-electron chi connectivity index (χ0n) is 14.1. The predicted molar refractivity (Wildman–Crippen MR) is 97.1 cm³/mol. The van der Waals surface area contributed by atoms with Crippen molar-refractivity contribution in [2.45, 2.75) is 26.2 Å². The van der Waals surface area contributed by atoms with Crippen molar-refractivity contribution in [3.05, 3.63) is 70.6 Å². The molecule has 0 unspecified atom stereocenters. The topological polar surface area (TPSA) is 58.9 Å². The van der Waals surface area contributed by atoms with Crippen LogP contribution in [-0.4, -0.2) is 31.2 Å². The smallest absolute Gasteiger partial charge is 0.144 e. The third-order valence-corrected chi connectivity index (χ3v) is 4.74. The Morgan fingerprint density at radius 1 is 1.23 bits per heavy atom. The summed E-state index contributed by atoms with van der Waals surface area (Å²) in [7, 11) is 0. The highest BCUT2D eigenvalue weighted by molar-refractivity contribution is 6.31. The number of aromatic nitrogens is 4. The standard InChI is InChI=1S/C18H18ClFN6/c19-16-2-1-3-17(20)15(16)12-25-6-7-26-14(11-25)8-13(24-26)9-23-18-10-21-4-5-22-18/h1-5,8,10H,6-7,9,11-12H2,(H,22,23). The van der Waals surface area contributed by atoms with Crippen LogP contribution >= 0.6 is 11.6 Å². The molecule has 0 radical (unpaired) electrons. The van der Waals surface area contributed by atoms with Crippen LogP contribution in [0.15, 0.2) is 42.9 Å². The largest absolute Gasteiger partial charge is 0.363 e. The molecule has 1 aliphatic heterocycles. The van der Waals surface area contributed by atoms with Gasteiger partial charge in [-0.15, -0.1) is 0 Å². The zero-order valence-corrected chi connectivity index (χ0v) is 14.8. The van der Waals surface area contributed by atoms with Crippen LogP contribution in [0, 0.1) is 5.82 Å². The molecule has 1 N–H and O–H groups in total. The van der Waals surface area contributed by atoms with Crippen molar-refractivity contribution in [1.29, 1.82) is 0 Å². The summed E-state index contributed by atoms with van der Waals surface area (Å²) in [4.78, 5) is 10.4. The molecule has 4 rings (SSSR count). The van der Waals surface area contributed by atoms with E-state index in [-0.39, 0.29) is 5.82 Å². The monoisotopic (exact) mass is 372 g/mol. The fourth-order valence-electron chi connectivity index (χ4n) is 3.08. The lowest BCUT2D eigenvalue weighted by atomic mass is 10.1. The van der Waals surface area contributed by atoms with E-state index in [1.807, 2.05) is 4.68 Å². The summed E-state index contributed by atoms with van der Waals surface area (Å²) in [6, 6.07) is 6.87. The minimum Gasteiger partial charge on any atom is -0.363 e. The molecular weight excluding hydrogens is 355 g/mol. The molecule has 2 aromatic heterocycles. The molecule has 0 saturated carbocycles. The highest BCUT2D eigenvalue weighted by Gasteiger charge is 2.20. The molecule has 0 saturated heterocycles. The van der Waals surface area contributed by atoms with E-state index in [4.69, 9.17) is 11.6 Å². The maximum Gasteiger partial charge on any atom is 0.144 e. The van der Waals surface area contributed by atoms with Gasteiger partial charge in [-0.1, -0.05) is 17.7 Å². The van der Waals surface area contributed by atoms with Crippen LogP contribution in [0.2, 0.25) is 5.02 Å². The van der Waals surface area contributed by atoms with Crippen molar-refractivity contribution in [2.24, 2.45) is 0 Å². The normalized spacial score (nSPS) is 14.2. The summed E-state index contributed by atoms with van der Waals surface area (Å²) >= 11 is 6.15. The Morgan fingerprint density at radius 3 is 2.96 bits per heavy atom. The van der Waals surface area contributed by atoms with Crippen LogP contribution in [0.4, 0.5) is 10.2 Å². The Morgan fingerprint density at radius 2 is 2.15 bits per heavy atom. The molecule has 0 spiro atoms. The predicted octanol–water partition coefficient (Wildman–Crippen LogP) is 3.09. The molecule has 0 bridgehead atoms. The Kier molecular flexibility index (Phi) is 4.81. The van der Waals surface area contributed by atoms with E-state index in [0.717, 1.165) is 24.5 Å². The Bertz CT molecular complexity index is 878. The van der Waals surface area contributed by atoms with Crippen LogP contribution in [-0.2, 0) is 26.2 Å². The van der Waals surface area contributed by atoms with Gasteiger partial charge in [0.25, 0.3) is 0 Å². The van der Waals surface area contributed by atoms with Gasteiger partial charge in [0.2, 0.25) is 0 Å². The van der Waals surface area contributed by atoms with E-state index >= 15 is 0 Å².